The van der Waals surface area contributed by atoms with Gasteiger partial charge in [0, 0.05) is 32.3 Å². The molecule has 6 nitrogen and oxygen atoms in total. The van der Waals surface area contributed by atoms with E-state index in [4.69, 9.17) is 9.47 Å². The highest BCUT2D eigenvalue weighted by Gasteiger charge is 2.24. The summed E-state index contributed by atoms with van der Waals surface area (Å²) in [4.78, 5) is 14.9. The van der Waals surface area contributed by atoms with E-state index in [0.717, 1.165) is 45.5 Å². The number of hydrogen-bond donors (Lipinski definition) is 2. The smallest absolute Gasteiger partial charge is 0.319 e. The summed E-state index contributed by atoms with van der Waals surface area (Å²) in [6, 6.07) is 18.0. The van der Waals surface area contributed by atoms with Gasteiger partial charge in [-0.05, 0) is 43.4 Å². The fourth-order valence-electron chi connectivity index (χ4n) is 4.10. The molecule has 2 aromatic carbocycles. The molecule has 2 saturated heterocycles. The van der Waals surface area contributed by atoms with E-state index in [-0.39, 0.29) is 18.2 Å². The summed E-state index contributed by atoms with van der Waals surface area (Å²) in [7, 11) is 0. The van der Waals surface area contributed by atoms with Crippen molar-refractivity contribution in [1.82, 2.24) is 10.2 Å². The standard InChI is InChI=1S/C24H31N3O3/c28-24(25-20-13-14-27(17-20)16-19-8-2-1-3-9-19)26-22-11-4-5-12-23(22)30-18-21-10-6-7-15-29-21/h1-5,8-9,11-12,20-21H,6-7,10,13-18H2,(H2,25,26,28). The van der Waals surface area contributed by atoms with Crippen LogP contribution in [0.5, 0.6) is 5.75 Å². The predicted molar refractivity (Wildman–Crippen MR) is 118 cm³/mol. The van der Waals surface area contributed by atoms with E-state index < -0.39 is 0 Å². The van der Waals surface area contributed by atoms with Crippen molar-refractivity contribution in [1.29, 1.82) is 0 Å². The number of benzene rings is 2. The number of urea groups is 1. The van der Waals surface area contributed by atoms with Crippen molar-refractivity contribution in [3.05, 3.63) is 60.2 Å². The van der Waals surface area contributed by atoms with E-state index in [0.29, 0.717) is 18.0 Å². The van der Waals surface area contributed by atoms with Gasteiger partial charge >= 0.3 is 6.03 Å². The SMILES string of the molecule is O=C(Nc1ccccc1OCC1CCCCO1)NC1CCN(Cc2ccccc2)C1. The number of likely N-dealkylation sites (tertiary alicyclic amines) is 1. The molecule has 2 fully saturated rings. The zero-order valence-electron chi connectivity index (χ0n) is 17.4. The quantitative estimate of drug-likeness (QED) is 0.725. The number of carbonyl (C=O) groups is 1. The van der Waals surface area contributed by atoms with Crippen LogP contribution in [0.4, 0.5) is 10.5 Å². The van der Waals surface area contributed by atoms with Crippen LogP contribution in [0.3, 0.4) is 0 Å². The average Bonchev–Trinajstić information content (AvgIpc) is 3.21. The molecular formula is C24H31N3O3. The molecule has 2 N–H and O–H groups in total. The van der Waals surface area contributed by atoms with E-state index in [9.17, 15) is 4.79 Å². The van der Waals surface area contributed by atoms with Gasteiger partial charge in [-0.15, -0.1) is 0 Å². The Bertz CT molecular complexity index is 808. The summed E-state index contributed by atoms with van der Waals surface area (Å²) in [5.41, 5.74) is 1.99. The van der Waals surface area contributed by atoms with Crippen molar-refractivity contribution in [3.63, 3.8) is 0 Å². The zero-order valence-corrected chi connectivity index (χ0v) is 17.4. The number of ether oxygens (including phenoxy) is 2. The third-order valence-corrected chi connectivity index (χ3v) is 5.69. The van der Waals surface area contributed by atoms with Gasteiger partial charge in [0.05, 0.1) is 11.8 Å². The van der Waals surface area contributed by atoms with Gasteiger partial charge < -0.3 is 20.1 Å². The van der Waals surface area contributed by atoms with E-state index in [1.807, 2.05) is 30.3 Å². The van der Waals surface area contributed by atoms with Crippen LogP contribution in [0.1, 0.15) is 31.2 Å². The average molecular weight is 410 g/mol. The van der Waals surface area contributed by atoms with Crippen LogP contribution in [-0.2, 0) is 11.3 Å². The molecule has 0 saturated carbocycles. The Balaban J connectivity index is 1.25. The number of hydrogen-bond acceptors (Lipinski definition) is 4. The number of nitrogens with zero attached hydrogens (tertiary/aromatic N) is 1. The van der Waals surface area contributed by atoms with Gasteiger partial charge in [-0.2, -0.15) is 0 Å². The van der Waals surface area contributed by atoms with E-state index in [2.05, 4.69) is 39.8 Å². The first-order valence-corrected chi connectivity index (χ1v) is 10.9. The lowest BCUT2D eigenvalue weighted by Crippen LogP contribution is -2.39. The molecule has 2 aliphatic heterocycles. The molecule has 2 unspecified atom stereocenters. The van der Waals surface area contributed by atoms with E-state index in [1.54, 1.807) is 0 Å². The second-order valence-electron chi connectivity index (χ2n) is 8.10. The lowest BCUT2D eigenvalue weighted by molar-refractivity contribution is -0.0109. The Morgan fingerprint density at radius 2 is 1.90 bits per heavy atom. The lowest BCUT2D eigenvalue weighted by Gasteiger charge is -2.23. The number of para-hydroxylation sites is 2. The van der Waals surface area contributed by atoms with Crippen LogP contribution in [-0.4, -0.2) is 49.4 Å². The first kappa shape index (κ1) is 20.7. The number of anilines is 1. The molecular weight excluding hydrogens is 378 g/mol. The molecule has 2 amide bonds. The molecule has 0 radical (unpaired) electrons. The van der Waals surface area contributed by atoms with Crippen LogP contribution in [0.2, 0.25) is 0 Å². The number of carbonyl (C=O) groups excluding carboxylic acids is 1. The number of nitrogens with one attached hydrogen (secondary N) is 2. The first-order chi connectivity index (χ1) is 14.8. The molecule has 0 aromatic heterocycles. The maximum Gasteiger partial charge on any atom is 0.319 e. The van der Waals surface area contributed by atoms with Crippen LogP contribution in [0, 0.1) is 0 Å². The predicted octanol–water partition coefficient (Wildman–Crippen LogP) is 4.03. The largest absolute Gasteiger partial charge is 0.489 e. The molecule has 2 heterocycles. The minimum Gasteiger partial charge on any atom is -0.489 e. The van der Waals surface area contributed by atoms with Crippen molar-refractivity contribution in [2.75, 3.05) is 31.6 Å². The highest BCUT2D eigenvalue weighted by molar-refractivity contribution is 5.91. The molecule has 4 rings (SSSR count). The second kappa shape index (κ2) is 10.5. The Morgan fingerprint density at radius 3 is 2.73 bits per heavy atom. The minimum absolute atomic E-state index is 0.134. The molecule has 6 heteroatoms. The maximum atomic E-state index is 12.6. The van der Waals surface area contributed by atoms with Crippen LogP contribution >= 0.6 is 0 Å². The maximum absolute atomic E-state index is 12.6. The van der Waals surface area contributed by atoms with Crippen LogP contribution < -0.4 is 15.4 Å². The molecule has 2 aliphatic rings. The first-order valence-electron chi connectivity index (χ1n) is 10.9. The van der Waals surface area contributed by atoms with E-state index >= 15 is 0 Å². The Morgan fingerprint density at radius 1 is 1.07 bits per heavy atom. The fraction of sp³-hybridized carbons (Fsp3) is 0.458. The van der Waals surface area contributed by atoms with Gasteiger partial charge in [-0.3, -0.25) is 4.90 Å². The Kier molecular flexibility index (Phi) is 7.21. The summed E-state index contributed by atoms with van der Waals surface area (Å²) in [6.07, 6.45) is 4.42. The Hall–Kier alpha value is -2.57. The summed E-state index contributed by atoms with van der Waals surface area (Å²) < 4.78 is 11.7. The minimum atomic E-state index is -0.188. The third kappa shape index (κ3) is 5.97. The topological polar surface area (TPSA) is 62.8 Å². The number of amides is 2. The van der Waals surface area contributed by atoms with Gasteiger partial charge in [-0.25, -0.2) is 4.79 Å². The zero-order chi connectivity index (χ0) is 20.6. The van der Waals surface area contributed by atoms with Crippen molar-refractivity contribution in [2.45, 2.75) is 44.4 Å². The second-order valence-corrected chi connectivity index (χ2v) is 8.10. The Labute approximate surface area is 178 Å². The van der Waals surface area contributed by atoms with Gasteiger partial charge in [0.1, 0.15) is 12.4 Å². The summed E-state index contributed by atoms with van der Waals surface area (Å²) in [5.74, 6) is 0.680. The molecule has 0 spiro atoms. The van der Waals surface area contributed by atoms with Gasteiger partial charge in [0.2, 0.25) is 0 Å². The molecule has 30 heavy (non-hydrogen) atoms. The number of rotatable bonds is 7. The molecule has 0 aliphatic carbocycles. The molecule has 2 aromatic rings. The highest BCUT2D eigenvalue weighted by Crippen LogP contribution is 2.25. The van der Waals surface area contributed by atoms with E-state index in [1.165, 1.54) is 12.0 Å². The summed E-state index contributed by atoms with van der Waals surface area (Å²) >= 11 is 0. The molecule has 2 atom stereocenters. The van der Waals surface area contributed by atoms with Gasteiger partial charge in [0.15, 0.2) is 0 Å². The van der Waals surface area contributed by atoms with Crippen molar-refractivity contribution in [3.8, 4) is 5.75 Å². The van der Waals surface area contributed by atoms with Crippen LogP contribution in [0.25, 0.3) is 0 Å². The van der Waals surface area contributed by atoms with Crippen molar-refractivity contribution < 1.29 is 14.3 Å². The van der Waals surface area contributed by atoms with Gasteiger partial charge in [0.25, 0.3) is 0 Å². The van der Waals surface area contributed by atoms with Crippen molar-refractivity contribution >= 4 is 11.7 Å². The van der Waals surface area contributed by atoms with Gasteiger partial charge in [-0.1, -0.05) is 42.5 Å². The summed E-state index contributed by atoms with van der Waals surface area (Å²) in [5, 5.41) is 6.06. The lowest BCUT2D eigenvalue weighted by atomic mass is 10.1. The highest BCUT2D eigenvalue weighted by atomic mass is 16.5. The van der Waals surface area contributed by atoms with Crippen LogP contribution in [0.15, 0.2) is 54.6 Å². The van der Waals surface area contributed by atoms with Crippen molar-refractivity contribution in [2.24, 2.45) is 0 Å². The monoisotopic (exact) mass is 409 g/mol. The third-order valence-electron chi connectivity index (χ3n) is 5.69. The molecule has 0 bridgehead atoms. The normalized spacial score (nSPS) is 21.9. The summed E-state index contributed by atoms with van der Waals surface area (Å²) in [6.45, 7) is 4.08. The fourth-order valence-corrected chi connectivity index (χ4v) is 4.10. The molecule has 160 valence electrons.